The van der Waals surface area contributed by atoms with Crippen LogP contribution in [0.25, 0.3) is 0 Å². The van der Waals surface area contributed by atoms with Crippen molar-refractivity contribution < 1.29 is 9.53 Å². The van der Waals surface area contributed by atoms with E-state index in [4.69, 9.17) is 4.74 Å². The average Bonchev–Trinajstić information content (AvgIpc) is 2.85. The number of nitrogens with zero attached hydrogens (tertiary/aromatic N) is 3. The van der Waals surface area contributed by atoms with Crippen LogP contribution in [-0.4, -0.2) is 33.3 Å². The number of carbonyl (C=O) groups is 1. The third kappa shape index (κ3) is 5.09. The summed E-state index contributed by atoms with van der Waals surface area (Å²) in [6.07, 6.45) is 4.06. The highest BCUT2D eigenvalue weighted by molar-refractivity contribution is 5.92. The zero-order valence-corrected chi connectivity index (χ0v) is 14.1. The highest BCUT2D eigenvalue weighted by atomic mass is 16.5. The number of hydrogen-bond acceptors (Lipinski definition) is 4. The Morgan fingerprint density at radius 1 is 1.39 bits per heavy atom. The van der Waals surface area contributed by atoms with Crippen LogP contribution in [0.2, 0.25) is 0 Å². The molecule has 124 valence electrons. The van der Waals surface area contributed by atoms with Gasteiger partial charge in [0, 0.05) is 13.2 Å². The molecule has 2 rings (SSSR count). The molecule has 0 aliphatic carbocycles. The Morgan fingerprint density at radius 3 is 2.83 bits per heavy atom. The van der Waals surface area contributed by atoms with Crippen molar-refractivity contribution in [1.82, 2.24) is 20.1 Å². The summed E-state index contributed by atoms with van der Waals surface area (Å²) < 4.78 is 7.31. The third-order valence-electron chi connectivity index (χ3n) is 3.30. The van der Waals surface area contributed by atoms with Crippen LogP contribution in [0.5, 0.6) is 5.75 Å². The zero-order valence-electron chi connectivity index (χ0n) is 14.1. The van der Waals surface area contributed by atoms with Crippen molar-refractivity contribution in [3.8, 4) is 5.75 Å². The molecule has 6 nitrogen and oxygen atoms in total. The average molecular weight is 316 g/mol. The number of aryl methyl sites for hydroxylation is 1. The highest BCUT2D eigenvalue weighted by Gasteiger charge is 2.15. The Kier molecular flexibility index (Phi) is 5.73. The topological polar surface area (TPSA) is 69.0 Å². The molecule has 0 unspecified atom stereocenters. The van der Waals surface area contributed by atoms with Gasteiger partial charge in [0.05, 0.1) is 18.4 Å². The normalized spacial score (nSPS) is 12.2. The first-order valence-corrected chi connectivity index (χ1v) is 7.83. The predicted octanol–water partition coefficient (Wildman–Crippen LogP) is 2.21. The van der Waals surface area contributed by atoms with Crippen LogP contribution >= 0.6 is 0 Å². The molecule has 1 atom stereocenters. The summed E-state index contributed by atoms with van der Waals surface area (Å²) in [6, 6.07) is 5.50. The van der Waals surface area contributed by atoms with Crippen LogP contribution in [-0.2, 0) is 13.5 Å². The zero-order chi connectivity index (χ0) is 16.8. The molecule has 2 heterocycles. The summed E-state index contributed by atoms with van der Waals surface area (Å²) in [5, 5.41) is 7.26. The van der Waals surface area contributed by atoms with E-state index in [-0.39, 0.29) is 12.0 Å². The number of aromatic nitrogens is 3. The maximum Gasteiger partial charge on any atom is 0.269 e. The van der Waals surface area contributed by atoms with Gasteiger partial charge < -0.3 is 10.1 Å². The molecule has 0 aromatic carbocycles. The monoisotopic (exact) mass is 316 g/mol. The van der Waals surface area contributed by atoms with E-state index in [0.29, 0.717) is 23.9 Å². The second-order valence-corrected chi connectivity index (χ2v) is 6.07. The molecular formula is C17H24N4O2. The van der Waals surface area contributed by atoms with E-state index in [1.165, 1.54) is 0 Å². The fourth-order valence-electron chi connectivity index (χ4n) is 2.27. The maximum atomic E-state index is 12.3. The quantitative estimate of drug-likeness (QED) is 0.850. The fraction of sp³-hybridized carbons (Fsp3) is 0.471. The highest BCUT2D eigenvalue weighted by Crippen LogP contribution is 2.10. The summed E-state index contributed by atoms with van der Waals surface area (Å²) in [6.45, 7) is 6.58. The van der Waals surface area contributed by atoms with Crippen molar-refractivity contribution >= 4 is 5.91 Å². The first kappa shape index (κ1) is 17.0. The molecule has 0 saturated carbocycles. The van der Waals surface area contributed by atoms with Gasteiger partial charge in [-0.3, -0.25) is 14.5 Å². The van der Waals surface area contributed by atoms with E-state index in [2.05, 4.69) is 29.2 Å². The molecule has 0 spiro atoms. The number of amides is 1. The van der Waals surface area contributed by atoms with Crippen LogP contribution in [0.4, 0.5) is 0 Å². The predicted molar refractivity (Wildman–Crippen MR) is 88.4 cm³/mol. The van der Waals surface area contributed by atoms with Crippen LogP contribution in [0.15, 0.2) is 30.6 Å². The Morgan fingerprint density at radius 2 is 2.17 bits per heavy atom. The SMILES string of the molecule is CC(C)Cc1cc(C(=O)NC[C@@H](C)Oc2cccnc2)n(C)n1. The van der Waals surface area contributed by atoms with Crippen molar-refractivity contribution in [3.05, 3.63) is 42.0 Å². The first-order chi connectivity index (χ1) is 11.0. The number of pyridine rings is 1. The van der Waals surface area contributed by atoms with Gasteiger partial charge in [-0.05, 0) is 37.5 Å². The van der Waals surface area contributed by atoms with Gasteiger partial charge in [-0.2, -0.15) is 5.10 Å². The molecule has 2 aromatic rings. The van der Waals surface area contributed by atoms with Crippen molar-refractivity contribution in [2.75, 3.05) is 6.54 Å². The molecular weight excluding hydrogens is 292 g/mol. The lowest BCUT2D eigenvalue weighted by molar-refractivity contribution is 0.0922. The number of ether oxygens (including phenoxy) is 1. The Labute approximate surface area is 136 Å². The number of hydrogen-bond donors (Lipinski definition) is 1. The van der Waals surface area contributed by atoms with Crippen LogP contribution in [0.1, 0.15) is 37.0 Å². The number of carbonyl (C=O) groups excluding carboxylic acids is 1. The van der Waals surface area contributed by atoms with E-state index >= 15 is 0 Å². The van der Waals surface area contributed by atoms with Gasteiger partial charge in [0.25, 0.3) is 5.91 Å². The van der Waals surface area contributed by atoms with Gasteiger partial charge >= 0.3 is 0 Å². The molecule has 0 radical (unpaired) electrons. The van der Waals surface area contributed by atoms with Crippen LogP contribution in [0, 0.1) is 5.92 Å². The minimum Gasteiger partial charge on any atom is -0.487 e. The van der Waals surface area contributed by atoms with Crippen molar-refractivity contribution in [2.24, 2.45) is 13.0 Å². The molecule has 0 bridgehead atoms. The van der Waals surface area contributed by atoms with Crippen molar-refractivity contribution in [1.29, 1.82) is 0 Å². The van der Waals surface area contributed by atoms with Crippen molar-refractivity contribution in [2.45, 2.75) is 33.3 Å². The third-order valence-corrected chi connectivity index (χ3v) is 3.30. The summed E-state index contributed by atoms with van der Waals surface area (Å²) >= 11 is 0. The Balaban J connectivity index is 1.88. The smallest absolute Gasteiger partial charge is 0.269 e. The lowest BCUT2D eigenvalue weighted by atomic mass is 10.1. The minimum atomic E-state index is -0.147. The minimum absolute atomic E-state index is 0.142. The largest absolute Gasteiger partial charge is 0.487 e. The molecule has 23 heavy (non-hydrogen) atoms. The number of nitrogens with one attached hydrogen (secondary N) is 1. The molecule has 1 N–H and O–H groups in total. The van der Waals surface area contributed by atoms with E-state index in [1.54, 1.807) is 24.1 Å². The lowest BCUT2D eigenvalue weighted by Crippen LogP contribution is -2.34. The van der Waals surface area contributed by atoms with E-state index in [0.717, 1.165) is 12.1 Å². The van der Waals surface area contributed by atoms with Gasteiger partial charge in [-0.25, -0.2) is 0 Å². The molecule has 1 amide bonds. The molecule has 0 aliphatic heterocycles. The summed E-state index contributed by atoms with van der Waals surface area (Å²) in [5.41, 5.74) is 1.50. The summed E-state index contributed by atoms with van der Waals surface area (Å²) in [4.78, 5) is 16.3. The fourth-order valence-corrected chi connectivity index (χ4v) is 2.27. The van der Waals surface area contributed by atoms with Crippen molar-refractivity contribution in [3.63, 3.8) is 0 Å². The van der Waals surface area contributed by atoms with E-state index in [9.17, 15) is 4.79 Å². The second-order valence-electron chi connectivity index (χ2n) is 6.07. The van der Waals surface area contributed by atoms with Gasteiger partial charge in [0.1, 0.15) is 17.5 Å². The van der Waals surface area contributed by atoms with Gasteiger partial charge in [0.15, 0.2) is 0 Å². The molecule has 6 heteroatoms. The molecule has 2 aromatic heterocycles. The standard InChI is InChI=1S/C17H24N4O2/c1-12(2)8-14-9-16(21(4)20-14)17(22)19-10-13(3)23-15-6-5-7-18-11-15/h5-7,9,11-13H,8,10H2,1-4H3,(H,19,22)/t13-/m1/s1. The van der Waals surface area contributed by atoms with E-state index < -0.39 is 0 Å². The summed E-state index contributed by atoms with van der Waals surface area (Å²) in [5.74, 6) is 1.05. The Bertz CT molecular complexity index is 637. The summed E-state index contributed by atoms with van der Waals surface area (Å²) in [7, 11) is 1.79. The van der Waals surface area contributed by atoms with Crippen LogP contribution in [0.3, 0.4) is 0 Å². The second kappa shape index (κ2) is 7.76. The molecule has 0 saturated heterocycles. The maximum absolute atomic E-state index is 12.3. The van der Waals surface area contributed by atoms with Gasteiger partial charge in [-0.1, -0.05) is 13.8 Å². The number of rotatable bonds is 7. The molecule has 0 aliphatic rings. The molecule has 0 fully saturated rings. The van der Waals surface area contributed by atoms with E-state index in [1.807, 2.05) is 25.1 Å². The Hall–Kier alpha value is -2.37. The van der Waals surface area contributed by atoms with Gasteiger partial charge in [-0.15, -0.1) is 0 Å². The van der Waals surface area contributed by atoms with Crippen LogP contribution < -0.4 is 10.1 Å². The first-order valence-electron chi connectivity index (χ1n) is 7.83. The lowest BCUT2D eigenvalue weighted by Gasteiger charge is -2.15. The van der Waals surface area contributed by atoms with Gasteiger partial charge in [0.2, 0.25) is 0 Å².